The van der Waals surface area contributed by atoms with Crippen LogP contribution in [0.15, 0.2) is 30.3 Å². The van der Waals surface area contributed by atoms with E-state index in [1.54, 1.807) is 44.2 Å². The summed E-state index contributed by atoms with van der Waals surface area (Å²) < 4.78 is 4.88. The number of esters is 1. The van der Waals surface area contributed by atoms with Crippen LogP contribution in [0.4, 0.5) is 0 Å². The van der Waals surface area contributed by atoms with Crippen LogP contribution in [0, 0.1) is 11.8 Å². The molecule has 0 spiro atoms. The predicted octanol–water partition coefficient (Wildman–Crippen LogP) is 2.27. The van der Waals surface area contributed by atoms with Gasteiger partial charge in [0.2, 0.25) is 0 Å². The molecule has 0 fully saturated rings. The van der Waals surface area contributed by atoms with Crippen LogP contribution in [0.2, 0.25) is 0 Å². The van der Waals surface area contributed by atoms with E-state index in [1.165, 1.54) is 6.92 Å². The summed E-state index contributed by atoms with van der Waals surface area (Å²) in [5.41, 5.74) is 0.429. The fourth-order valence-electron chi connectivity index (χ4n) is 1.96. The van der Waals surface area contributed by atoms with Crippen molar-refractivity contribution >= 4 is 17.5 Å². The van der Waals surface area contributed by atoms with Crippen molar-refractivity contribution in [1.29, 1.82) is 0 Å². The number of rotatable bonds is 6. The third-order valence-corrected chi connectivity index (χ3v) is 2.94. The summed E-state index contributed by atoms with van der Waals surface area (Å²) in [4.78, 5) is 35.7. The summed E-state index contributed by atoms with van der Waals surface area (Å²) in [6.45, 7) is 4.78. The second-order valence-corrected chi connectivity index (χ2v) is 4.36. The molecule has 0 N–H and O–H groups in total. The van der Waals surface area contributed by atoms with Crippen molar-refractivity contribution in [3.05, 3.63) is 35.9 Å². The van der Waals surface area contributed by atoms with E-state index in [0.717, 1.165) is 0 Å². The molecule has 1 aromatic rings. The van der Waals surface area contributed by atoms with Crippen molar-refractivity contribution in [3.63, 3.8) is 0 Å². The van der Waals surface area contributed by atoms with Gasteiger partial charge >= 0.3 is 5.97 Å². The molecule has 2 atom stereocenters. The molecule has 4 nitrogen and oxygen atoms in total. The molecule has 0 heterocycles. The predicted molar refractivity (Wildman–Crippen MR) is 70.7 cm³/mol. The van der Waals surface area contributed by atoms with E-state index in [9.17, 15) is 14.4 Å². The Hall–Kier alpha value is -1.97. The number of ether oxygens (including phenoxy) is 1. The molecule has 0 unspecified atom stereocenters. The summed E-state index contributed by atoms with van der Waals surface area (Å²) >= 11 is 0. The van der Waals surface area contributed by atoms with Crippen LogP contribution in [-0.4, -0.2) is 24.1 Å². The first-order valence-corrected chi connectivity index (χ1v) is 6.25. The molecule has 0 bridgehead atoms. The monoisotopic (exact) mass is 262 g/mol. The Bertz CT molecular complexity index is 464. The van der Waals surface area contributed by atoms with E-state index >= 15 is 0 Å². The number of hydrogen-bond acceptors (Lipinski definition) is 4. The highest BCUT2D eigenvalue weighted by Crippen LogP contribution is 2.20. The smallest absolute Gasteiger partial charge is 0.309 e. The number of benzene rings is 1. The summed E-state index contributed by atoms with van der Waals surface area (Å²) in [5, 5.41) is 0. The van der Waals surface area contributed by atoms with Crippen molar-refractivity contribution < 1.29 is 19.1 Å². The number of ketones is 2. The lowest BCUT2D eigenvalue weighted by molar-refractivity contribution is -0.150. The molecule has 1 rings (SSSR count). The summed E-state index contributed by atoms with van der Waals surface area (Å²) in [6.07, 6.45) is 0. The van der Waals surface area contributed by atoms with Gasteiger partial charge in [-0.1, -0.05) is 37.3 Å². The number of Topliss-reactive ketones (excluding diaryl/α,β-unsaturated/α-hetero) is 2. The van der Waals surface area contributed by atoms with Crippen LogP contribution >= 0.6 is 0 Å². The van der Waals surface area contributed by atoms with Crippen LogP contribution in [0.5, 0.6) is 0 Å². The van der Waals surface area contributed by atoms with Gasteiger partial charge in [-0.3, -0.25) is 14.4 Å². The fraction of sp³-hybridized carbons (Fsp3) is 0.400. The van der Waals surface area contributed by atoms with Crippen molar-refractivity contribution in [2.24, 2.45) is 11.8 Å². The van der Waals surface area contributed by atoms with Crippen molar-refractivity contribution in [3.8, 4) is 0 Å². The van der Waals surface area contributed by atoms with E-state index < -0.39 is 17.8 Å². The lowest BCUT2D eigenvalue weighted by atomic mass is 9.84. The minimum atomic E-state index is -0.985. The second kappa shape index (κ2) is 6.83. The molecule has 19 heavy (non-hydrogen) atoms. The third kappa shape index (κ3) is 3.74. The Morgan fingerprint density at radius 1 is 1.16 bits per heavy atom. The molecule has 1 aromatic carbocycles. The van der Waals surface area contributed by atoms with Crippen LogP contribution in [0.25, 0.3) is 0 Å². The second-order valence-electron chi connectivity index (χ2n) is 4.36. The lowest BCUT2D eigenvalue weighted by Crippen LogP contribution is -2.34. The Labute approximate surface area is 112 Å². The topological polar surface area (TPSA) is 60.4 Å². The Morgan fingerprint density at radius 2 is 1.74 bits per heavy atom. The number of carbonyl (C=O) groups excluding carboxylic acids is 3. The van der Waals surface area contributed by atoms with Crippen molar-refractivity contribution in [1.82, 2.24) is 0 Å². The maximum atomic E-state index is 12.3. The first-order valence-electron chi connectivity index (χ1n) is 6.25. The highest BCUT2D eigenvalue weighted by molar-refractivity contribution is 6.12. The zero-order valence-electron chi connectivity index (χ0n) is 11.4. The van der Waals surface area contributed by atoms with Crippen LogP contribution in [0.1, 0.15) is 31.1 Å². The first kappa shape index (κ1) is 15.1. The average Bonchev–Trinajstić information content (AvgIpc) is 2.39. The highest BCUT2D eigenvalue weighted by Gasteiger charge is 2.35. The standard InChI is InChI=1S/C15H18O4/c1-4-19-15(18)10(2)13(11(3)16)14(17)12-8-6-5-7-9-12/h5-10,13H,4H2,1-3H3/t10-,13+/m1/s1. The molecule has 4 heteroatoms. The van der Waals surface area contributed by atoms with Gasteiger partial charge in [-0.25, -0.2) is 0 Å². The van der Waals surface area contributed by atoms with E-state index in [1.807, 2.05) is 0 Å². The van der Waals surface area contributed by atoms with Crippen LogP contribution in [-0.2, 0) is 14.3 Å². The maximum Gasteiger partial charge on any atom is 0.309 e. The molecule has 0 aliphatic rings. The largest absolute Gasteiger partial charge is 0.466 e. The molecule has 0 saturated heterocycles. The number of carbonyl (C=O) groups is 3. The van der Waals surface area contributed by atoms with Gasteiger partial charge in [0.25, 0.3) is 0 Å². The van der Waals surface area contributed by atoms with Crippen LogP contribution < -0.4 is 0 Å². The van der Waals surface area contributed by atoms with Gasteiger partial charge < -0.3 is 4.74 Å². The van der Waals surface area contributed by atoms with Gasteiger partial charge in [-0.05, 0) is 13.8 Å². The van der Waals surface area contributed by atoms with Crippen LogP contribution in [0.3, 0.4) is 0 Å². The van der Waals surface area contributed by atoms with Crippen molar-refractivity contribution in [2.75, 3.05) is 6.61 Å². The first-order chi connectivity index (χ1) is 8.99. The van der Waals surface area contributed by atoms with E-state index in [-0.39, 0.29) is 18.2 Å². The molecule has 0 aromatic heterocycles. The fourth-order valence-corrected chi connectivity index (χ4v) is 1.96. The molecule has 102 valence electrons. The van der Waals surface area contributed by atoms with E-state index in [2.05, 4.69) is 0 Å². The zero-order chi connectivity index (χ0) is 14.4. The lowest BCUT2D eigenvalue weighted by Gasteiger charge is -2.19. The van der Waals surface area contributed by atoms with Gasteiger partial charge in [0.1, 0.15) is 5.78 Å². The van der Waals surface area contributed by atoms with Gasteiger partial charge in [-0.15, -0.1) is 0 Å². The average molecular weight is 262 g/mol. The zero-order valence-corrected chi connectivity index (χ0v) is 11.4. The molecular weight excluding hydrogens is 244 g/mol. The van der Waals surface area contributed by atoms with Gasteiger partial charge in [0.05, 0.1) is 18.4 Å². The Balaban J connectivity index is 2.98. The SMILES string of the molecule is CCOC(=O)[C@H](C)[C@@H](C(C)=O)C(=O)c1ccccc1. The summed E-state index contributed by atoms with van der Waals surface area (Å²) in [7, 11) is 0. The molecule has 0 amide bonds. The quantitative estimate of drug-likeness (QED) is 0.448. The van der Waals surface area contributed by atoms with Crippen molar-refractivity contribution in [2.45, 2.75) is 20.8 Å². The maximum absolute atomic E-state index is 12.3. The summed E-state index contributed by atoms with van der Waals surface area (Å²) in [6, 6.07) is 8.50. The molecule has 0 radical (unpaired) electrons. The van der Waals surface area contributed by atoms with E-state index in [4.69, 9.17) is 4.74 Å². The normalized spacial score (nSPS) is 13.4. The van der Waals surface area contributed by atoms with Gasteiger partial charge in [0, 0.05) is 5.56 Å². The molecule has 0 saturated carbocycles. The van der Waals surface area contributed by atoms with Gasteiger partial charge in [-0.2, -0.15) is 0 Å². The minimum Gasteiger partial charge on any atom is -0.466 e. The number of hydrogen-bond donors (Lipinski definition) is 0. The van der Waals surface area contributed by atoms with Gasteiger partial charge in [0.15, 0.2) is 5.78 Å². The molecular formula is C15H18O4. The summed E-state index contributed by atoms with van der Waals surface area (Å²) in [5.74, 6) is -2.94. The molecule has 0 aliphatic carbocycles. The Kier molecular flexibility index (Phi) is 5.42. The van der Waals surface area contributed by atoms with E-state index in [0.29, 0.717) is 5.56 Å². The minimum absolute atomic E-state index is 0.229. The Morgan fingerprint density at radius 3 is 2.21 bits per heavy atom. The third-order valence-electron chi connectivity index (χ3n) is 2.94. The highest BCUT2D eigenvalue weighted by atomic mass is 16.5. The molecule has 0 aliphatic heterocycles.